The lowest BCUT2D eigenvalue weighted by Gasteiger charge is -2.15. The zero-order valence-electron chi connectivity index (χ0n) is 12.1. The summed E-state index contributed by atoms with van der Waals surface area (Å²) in [7, 11) is 0. The second-order valence-electron chi connectivity index (χ2n) is 5.18. The summed E-state index contributed by atoms with van der Waals surface area (Å²) in [6, 6.07) is 6.70. The molecule has 0 saturated heterocycles. The molecule has 0 atom stereocenters. The van der Waals surface area contributed by atoms with Crippen LogP contribution in [0.2, 0.25) is 5.02 Å². The Labute approximate surface area is 133 Å². The van der Waals surface area contributed by atoms with Crippen molar-refractivity contribution in [2.24, 2.45) is 0 Å². The van der Waals surface area contributed by atoms with Gasteiger partial charge in [0.2, 0.25) is 0 Å². The zero-order valence-corrected chi connectivity index (χ0v) is 12.8. The van der Waals surface area contributed by atoms with Crippen LogP contribution in [0.25, 0.3) is 0 Å². The molecule has 0 fully saturated rings. The van der Waals surface area contributed by atoms with E-state index in [0.29, 0.717) is 13.2 Å². The monoisotopic (exact) mass is 321 g/mol. The topological polar surface area (TPSA) is 39.1 Å². The third-order valence-corrected chi connectivity index (χ3v) is 3.82. The van der Waals surface area contributed by atoms with E-state index in [1.54, 1.807) is 23.0 Å². The van der Waals surface area contributed by atoms with Gasteiger partial charge in [-0.3, -0.25) is 0 Å². The van der Waals surface area contributed by atoms with Gasteiger partial charge in [0.15, 0.2) is 0 Å². The molecule has 4 nitrogen and oxygen atoms in total. The van der Waals surface area contributed by atoms with E-state index in [1.165, 1.54) is 11.6 Å². The molecule has 0 spiro atoms. The van der Waals surface area contributed by atoms with Crippen molar-refractivity contribution in [3.05, 3.63) is 58.5 Å². The third-order valence-electron chi connectivity index (χ3n) is 3.51. The molecule has 1 N–H and O–H groups in total. The SMILES string of the molecule is Fc1cc(Cn2nccc2NCC2=CCCOC2)ccc1Cl. The highest BCUT2D eigenvalue weighted by Gasteiger charge is 2.08. The molecule has 1 aromatic heterocycles. The number of benzene rings is 1. The molecule has 2 aromatic rings. The molecule has 0 amide bonds. The molecule has 0 aliphatic carbocycles. The Morgan fingerprint density at radius 3 is 3.05 bits per heavy atom. The Bertz CT molecular complexity index is 684. The summed E-state index contributed by atoms with van der Waals surface area (Å²) in [5.41, 5.74) is 2.05. The van der Waals surface area contributed by atoms with Gasteiger partial charge in [0.25, 0.3) is 0 Å². The fourth-order valence-corrected chi connectivity index (χ4v) is 2.47. The predicted molar refractivity (Wildman–Crippen MR) is 84.7 cm³/mol. The molecule has 22 heavy (non-hydrogen) atoms. The van der Waals surface area contributed by atoms with E-state index in [1.807, 2.05) is 6.07 Å². The van der Waals surface area contributed by atoms with Crippen LogP contribution in [0.1, 0.15) is 12.0 Å². The summed E-state index contributed by atoms with van der Waals surface area (Å²) in [5, 5.41) is 7.75. The number of ether oxygens (including phenoxy) is 1. The van der Waals surface area contributed by atoms with Crippen LogP contribution in [0, 0.1) is 5.82 Å². The first kappa shape index (κ1) is 15.1. The van der Waals surface area contributed by atoms with E-state index in [4.69, 9.17) is 16.3 Å². The van der Waals surface area contributed by atoms with Crippen LogP contribution < -0.4 is 5.32 Å². The summed E-state index contributed by atoms with van der Waals surface area (Å²) >= 11 is 5.70. The van der Waals surface area contributed by atoms with E-state index in [0.717, 1.165) is 31.0 Å². The van der Waals surface area contributed by atoms with Gasteiger partial charge in [0, 0.05) is 12.6 Å². The van der Waals surface area contributed by atoms with Crippen LogP contribution in [-0.4, -0.2) is 29.5 Å². The first-order valence-corrected chi connectivity index (χ1v) is 7.55. The smallest absolute Gasteiger partial charge is 0.142 e. The minimum Gasteiger partial charge on any atom is -0.377 e. The van der Waals surface area contributed by atoms with E-state index in [9.17, 15) is 4.39 Å². The van der Waals surface area contributed by atoms with Crippen molar-refractivity contribution in [2.45, 2.75) is 13.0 Å². The molecule has 0 unspecified atom stereocenters. The average Bonchev–Trinajstić information content (AvgIpc) is 2.97. The molecule has 1 aliphatic rings. The number of nitrogens with zero attached hydrogens (tertiary/aromatic N) is 2. The fourth-order valence-electron chi connectivity index (χ4n) is 2.36. The van der Waals surface area contributed by atoms with E-state index < -0.39 is 5.82 Å². The first-order valence-electron chi connectivity index (χ1n) is 7.17. The van der Waals surface area contributed by atoms with Gasteiger partial charge in [-0.15, -0.1) is 0 Å². The Morgan fingerprint density at radius 2 is 2.27 bits per heavy atom. The Hall–Kier alpha value is -1.85. The lowest BCUT2D eigenvalue weighted by atomic mass is 10.2. The largest absolute Gasteiger partial charge is 0.377 e. The quantitative estimate of drug-likeness (QED) is 0.857. The van der Waals surface area contributed by atoms with Crippen LogP contribution in [0.3, 0.4) is 0 Å². The molecule has 0 bridgehead atoms. The van der Waals surface area contributed by atoms with Crippen LogP contribution in [0.15, 0.2) is 42.1 Å². The molecule has 1 aliphatic heterocycles. The highest BCUT2D eigenvalue weighted by atomic mass is 35.5. The van der Waals surface area contributed by atoms with Crippen molar-refractivity contribution in [3.8, 4) is 0 Å². The van der Waals surface area contributed by atoms with Crippen molar-refractivity contribution in [2.75, 3.05) is 25.1 Å². The predicted octanol–water partition coefficient (Wildman–Crippen LogP) is 3.48. The molecule has 0 radical (unpaired) electrons. The highest BCUT2D eigenvalue weighted by Crippen LogP contribution is 2.18. The minimum absolute atomic E-state index is 0.131. The molecular weight excluding hydrogens is 305 g/mol. The molecule has 1 aromatic carbocycles. The summed E-state index contributed by atoms with van der Waals surface area (Å²) in [4.78, 5) is 0. The maximum atomic E-state index is 13.5. The maximum absolute atomic E-state index is 13.5. The van der Waals surface area contributed by atoms with Gasteiger partial charge in [-0.1, -0.05) is 23.7 Å². The van der Waals surface area contributed by atoms with Crippen LogP contribution in [0.4, 0.5) is 10.2 Å². The van der Waals surface area contributed by atoms with Crippen molar-refractivity contribution in [1.29, 1.82) is 0 Å². The molecule has 116 valence electrons. The molecular formula is C16H17ClFN3O. The summed E-state index contributed by atoms with van der Waals surface area (Å²) in [6.45, 7) is 2.67. The van der Waals surface area contributed by atoms with Crippen molar-refractivity contribution in [1.82, 2.24) is 9.78 Å². The first-order chi connectivity index (χ1) is 10.7. The number of aromatic nitrogens is 2. The van der Waals surface area contributed by atoms with Gasteiger partial charge < -0.3 is 10.1 Å². The second kappa shape index (κ2) is 6.94. The van der Waals surface area contributed by atoms with Crippen LogP contribution in [0.5, 0.6) is 0 Å². The molecule has 3 rings (SSSR count). The lowest BCUT2D eigenvalue weighted by Crippen LogP contribution is -2.16. The van der Waals surface area contributed by atoms with Crippen LogP contribution >= 0.6 is 11.6 Å². The minimum atomic E-state index is -0.412. The number of anilines is 1. The normalized spacial score (nSPS) is 14.7. The van der Waals surface area contributed by atoms with Crippen molar-refractivity contribution in [3.63, 3.8) is 0 Å². The summed E-state index contributed by atoms with van der Waals surface area (Å²) in [6.07, 6.45) is 4.88. The molecule has 2 heterocycles. The average molecular weight is 322 g/mol. The number of hydrogen-bond acceptors (Lipinski definition) is 3. The van der Waals surface area contributed by atoms with Gasteiger partial charge in [0.1, 0.15) is 11.6 Å². The van der Waals surface area contributed by atoms with Crippen LogP contribution in [-0.2, 0) is 11.3 Å². The summed E-state index contributed by atoms with van der Waals surface area (Å²) < 4.78 is 20.7. The number of rotatable bonds is 5. The Kier molecular flexibility index (Phi) is 4.75. The highest BCUT2D eigenvalue weighted by molar-refractivity contribution is 6.30. The maximum Gasteiger partial charge on any atom is 0.142 e. The van der Waals surface area contributed by atoms with E-state index in [2.05, 4.69) is 16.5 Å². The second-order valence-corrected chi connectivity index (χ2v) is 5.59. The van der Waals surface area contributed by atoms with Gasteiger partial charge in [-0.25, -0.2) is 9.07 Å². The van der Waals surface area contributed by atoms with Gasteiger partial charge in [0.05, 0.1) is 31.0 Å². The Morgan fingerprint density at radius 1 is 1.36 bits per heavy atom. The fraction of sp³-hybridized carbons (Fsp3) is 0.312. The number of nitrogens with one attached hydrogen (secondary N) is 1. The van der Waals surface area contributed by atoms with Crippen molar-refractivity contribution >= 4 is 17.4 Å². The van der Waals surface area contributed by atoms with Gasteiger partial charge >= 0.3 is 0 Å². The van der Waals surface area contributed by atoms with Crippen molar-refractivity contribution < 1.29 is 9.13 Å². The molecule has 0 saturated carbocycles. The van der Waals surface area contributed by atoms with E-state index in [-0.39, 0.29) is 5.02 Å². The Balaban J connectivity index is 1.66. The third kappa shape index (κ3) is 3.67. The summed E-state index contributed by atoms with van der Waals surface area (Å²) in [5.74, 6) is 0.479. The number of hydrogen-bond donors (Lipinski definition) is 1. The lowest BCUT2D eigenvalue weighted by molar-refractivity contribution is 0.150. The number of halogens is 2. The zero-order chi connectivity index (χ0) is 15.4. The molecule has 6 heteroatoms. The van der Waals surface area contributed by atoms with E-state index >= 15 is 0 Å². The van der Waals surface area contributed by atoms with Gasteiger partial charge in [-0.2, -0.15) is 5.10 Å². The van der Waals surface area contributed by atoms with Gasteiger partial charge in [-0.05, 0) is 29.7 Å². The standard InChI is InChI=1S/C16H17ClFN3O/c17-14-4-3-12(8-15(14)18)10-21-16(5-6-20-21)19-9-13-2-1-7-22-11-13/h2-6,8,19H,1,7,9-11H2.